The summed E-state index contributed by atoms with van der Waals surface area (Å²) in [5.74, 6) is -0.154. The highest BCUT2D eigenvalue weighted by Crippen LogP contribution is 2.04. The van der Waals surface area contributed by atoms with Gasteiger partial charge in [0.1, 0.15) is 6.61 Å². The first-order valence-electron chi connectivity index (χ1n) is 5.88. The van der Waals surface area contributed by atoms with Crippen molar-refractivity contribution in [2.45, 2.75) is 19.8 Å². The van der Waals surface area contributed by atoms with Gasteiger partial charge in [-0.2, -0.15) is 0 Å². The maximum absolute atomic E-state index is 11.1. The van der Waals surface area contributed by atoms with Gasteiger partial charge >= 0.3 is 5.97 Å². The molecule has 0 N–H and O–H groups in total. The summed E-state index contributed by atoms with van der Waals surface area (Å²) >= 11 is 0. The molecule has 0 unspecified atom stereocenters. The van der Waals surface area contributed by atoms with Gasteiger partial charge in [-0.15, -0.1) is 0 Å². The van der Waals surface area contributed by atoms with Gasteiger partial charge in [-0.25, -0.2) is 14.8 Å². The summed E-state index contributed by atoms with van der Waals surface area (Å²) in [7, 11) is 1.29. The average Bonchev–Trinajstić information content (AvgIpc) is 2.42. The zero-order chi connectivity index (χ0) is 13.2. The van der Waals surface area contributed by atoms with Gasteiger partial charge in [0.25, 0.3) is 0 Å². The van der Waals surface area contributed by atoms with Gasteiger partial charge in [0.15, 0.2) is 5.69 Å². The molecule has 0 aromatic carbocycles. The SMILES string of the molecule is CCCCOCCOc1cnc(C(=O)OC)cn1. The second kappa shape index (κ2) is 8.41. The van der Waals surface area contributed by atoms with Crippen LogP contribution >= 0.6 is 0 Å². The highest BCUT2D eigenvalue weighted by molar-refractivity contribution is 5.86. The van der Waals surface area contributed by atoms with Crippen LogP contribution in [0.1, 0.15) is 30.3 Å². The number of ether oxygens (including phenoxy) is 3. The Morgan fingerprint density at radius 2 is 2.06 bits per heavy atom. The van der Waals surface area contributed by atoms with E-state index in [4.69, 9.17) is 9.47 Å². The maximum atomic E-state index is 11.1. The number of hydrogen-bond donors (Lipinski definition) is 0. The Bertz CT molecular complexity index is 354. The second-order valence-corrected chi connectivity index (χ2v) is 3.55. The van der Waals surface area contributed by atoms with Crippen molar-refractivity contribution in [3.05, 3.63) is 18.1 Å². The molecule has 0 aliphatic rings. The van der Waals surface area contributed by atoms with E-state index in [1.165, 1.54) is 19.5 Å². The molecule has 0 aliphatic heterocycles. The fourth-order valence-corrected chi connectivity index (χ4v) is 1.15. The minimum Gasteiger partial charge on any atom is -0.474 e. The Balaban J connectivity index is 2.25. The van der Waals surface area contributed by atoms with E-state index in [1.807, 2.05) is 0 Å². The second-order valence-electron chi connectivity index (χ2n) is 3.55. The zero-order valence-electron chi connectivity index (χ0n) is 10.7. The fraction of sp³-hybridized carbons (Fsp3) is 0.583. The van der Waals surface area contributed by atoms with Crippen LogP contribution in [0.3, 0.4) is 0 Å². The molecule has 6 heteroatoms. The molecule has 0 aliphatic carbocycles. The van der Waals surface area contributed by atoms with E-state index in [0.29, 0.717) is 19.1 Å². The summed E-state index contributed by atoms with van der Waals surface area (Å²) in [4.78, 5) is 18.9. The number of aromatic nitrogens is 2. The van der Waals surface area contributed by atoms with Crippen molar-refractivity contribution < 1.29 is 19.0 Å². The molecule has 1 heterocycles. The van der Waals surface area contributed by atoms with Gasteiger partial charge in [0.2, 0.25) is 5.88 Å². The normalized spacial score (nSPS) is 10.1. The Morgan fingerprint density at radius 1 is 1.22 bits per heavy atom. The Hall–Kier alpha value is -1.69. The largest absolute Gasteiger partial charge is 0.474 e. The summed E-state index contributed by atoms with van der Waals surface area (Å²) < 4.78 is 15.1. The third-order valence-electron chi connectivity index (χ3n) is 2.14. The molecule has 0 bridgehead atoms. The predicted octanol–water partition coefficient (Wildman–Crippen LogP) is 1.46. The van der Waals surface area contributed by atoms with E-state index in [9.17, 15) is 4.79 Å². The van der Waals surface area contributed by atoms with Crippen molar-refractivity contribution in [2.24, 2.45) is 0 Å². The molecule has 1 aromatic heterocycles. The molecule has 0 saturated carbocycles. The van der Waals surface area contributed by atoms with E-state index in [1.54, 1.807) is 0 Å². The first-order valence-corrected chi connectivity index (χ1v) is 5.88. The van der Waals surface area contributed by atoms with Crippen LogP contribution < -0.4 is 4.74 Å². The molecule has 0 saturated heterocycles. The monoisotopic (exact) mass is 254 g/mol. The average molecular weight is 254 g/mol. The molecular weight excluding hydrogens is 236 g/mol. The molecule has 0 amide bonds. The molecule has 0 atom stereocenters. The van der Waals surface area contributed by atoms with Crippen LogP contribution in [0.15, 0.2) is 12.4 Å². The first kappa shape index (κ1) is 14.4. The van der Waals surface area contributed by atoms with E-state index in [2.05, 4.69) is 21.6 Å². The van der Waals surface area contributed by atoms with Crippen LogP contribution in [0.4, 0.5) is 0 Å². The lowest BCUT2D eigenvalue weighted by molar-refractivity contribution is 0.0593. The Morgan fingerprint density at radius 3 is 2.67 bits per heavy atom. The summed E-state index contributed by atoms with van der Waals surface area (Å²) in [5.41, 5.74) is 0.157. The van der Waals surface area contributed by atoms with Crippen LogP contribution in [0.25, 0.3) is 0 Å². The van der Waals surface area contributed by atoms with Gasteiger partial charge in [-0.05, 0) is 6.42 Å². The van der Waals surface area contributed by atoms with E-state index < -0.39 is 5.97 Å². The third kappa shape index (κ3) is 5.09. The summed E-state index contributed by atoms with van der Waals surface area (Å²) in [5, 5.41) is 0. The van der Waals surface area contributed by atoms with Crippen LogP contribution in [0.5, 0.6) is 5.88 Å². The number of esters is 1. The van der Waals surface area contributed by atoms with E-state index >= 15 is 0 Å². The molecule has 0 spiro atoms. The number of nitrogens with zero attached hydrogens (tertiary/aromatic N) is 2. The Labute approximate surface area is 106 Å². The topological polar surface area (TPSA) is 70.5 Å². The van der Waals surface area contributed by atoms with Gasteiger partial charge in [-0.1, -0.05) is 13.3 Å². The maximum Gasteiger partial charge on any atom is 0.358 e. The number of carbonyl (C=O) groups is 1. The van der Waals surface area contributed by atoms with Crippen LogP contribution in [-0.4, -0.2) is 42.9 Å². The van der Waals surface area contributed by atoms with Gasteiger partial charge < -0.3 is 14.2 Å². The van der Waals surface area contributed by atoms with Crippen molar-refractivity contribution in [2.75, 3.05) is 26.9 Å². The third-order valence-corrected chi connectivity index (χ3v) is 2.14. The summed E-state index contributed by atoms with van der Waals surface area (Å²) in [6, 6.07) is 0. The quantitative estimate of drug-likeness (QED) is 0.516. The molecule has 0 radical (unpaired) electrons. The highest BCUT2D eigenvalue weighted by Gasteiger charge is 2.07. The van der Waals surface area contributed by atoms with Crippen LogP contribution in [-0.2, 0) is 9.47 Å². The highest BCUT2D eigenvalue weighted by atomic mass is 16.5. The standard InChI is InChI=1S/C12H18N2O4/c1-3-4-5-17-6-7-18-11-9-13-10(8-14-11)12(15)16-2/h8-9H,3-7H2,1-2H3. The molecule has 0 fully saturated rings. The minimum absolute atomic E-state index is 0.157. The predicted molar refractivity (Wildman–Crippen MR) is 64.6 cm³/mol. The fourth-order valence-electron chi connectivity index (χ4n) is 1.15. The van der Waals surface area contributed by atoms with Gasteiger partial charge in [-0.3, -0.25) is 0 Å². The zero-order valence-corrected chi connectivity index (χ0v) is 10.7. The van der Waals surface area contributed by atoms with Crippen molar-refractivity contribution >= 4 is 5.97 Å². The number of methoxy groups -OCH3 is 1. The molecule has 18 heavy (non-hydrogen) atoms. The van der Waals surface area contributed by atoms with E-state index in [-0.39, 0.29) is 5.69 Å². The molecule has 6 nitrogen and oxygen atoms in total. The van der Waals surface area contributed by atoms with Crippen molar-refractivity contribution in [3.63, 3.8) is 0 Å². The van der Waals surface area contributed by atoms with Crippen molar-refractivity contribution in [3.8, 4) is 5.88 Å². The van der Waals surface area contributed by atoms with Crippen molar-refractivity contribution in [1.29, 1.82) is 0 Å². The Kier molecular flexibility index (Phi) is 6.71. The first-order chi connectivity index (χ1) is 8.77. The number of hydrogen-bond acceptors (Lipinski definition) is 6. The summed E-state index contributed by atoms with van der Waals surface area (Å²) in [6.45, 7) is 3.78. The van der Waals surface area contributed by atoms with Gasteiger partial charge in [0.05, 0.1) is 26.1 Å². The number of carbonyl (C=O) groups excluding carboxylic acids is 1. The lowest BCUT2D eigenvalue weighted by Crippen LogP contribution is -2.09. The molecule has 1 rings (SSSR count). The lowest BCUT2D eigenvalue weighted by Gasteiger charge is -2.05. The van der Waals surface area contributed by atoms with Crippen LogP contribution in [0.2, 0.25) is 0 Å². The smallest absolute Gasteiger partial charge is 0.358 e. The molecule has 100 valence electrons. The van der Waals surface area contributed by atoms with Crippen LogP contribution in [0, 0.1) is 0 Å². The number of rotatable bonds is 8. The minimum atomic E-state index is -0.517. The lowest BCUT2D eigenvalue weighted by atomic mass is 10.4. The molecular formula is C12H18N2O4. The molecule has 1 aromatic rings. The summed E-state index contributed by atoms with van der Waals surface area (Å²) in [6.07, 6.45) is 4.87. The van der Waals surface area contributed by atoms with Gasteiger partial charge in [0, 0.05) is 6.61 Å². The van der Waals surface area contributed by atoms with E-state index in [0.717, 1.165) is 19.4 Å². The van der Waals surface area contributed by atoms with Crippen molar-refractivity contribution in [1.82, 2.24) is 9.97 Å². The number of unbranched alkanes of at least 4 members (excludes halogenated alkanes) is 1.